The van der Waals surface area contributed by atoms with Gasteiger partial charge in [0.25, 0.3) is 0 Å². The molecule has 0 bridgehead atoms. The average Bonchev–Trinajstić information content (AvgIpc) is 2.78. The Hall–Kier alpha value is -0.160. The molecule has 1 aliphatic heterocycles. The lowest BCUT2D eigenvalue weighted by Gasteiger charge is -2.25. The van der Waals surface area contributed by atoms with E-state index < -0.39 is 0 Å². The maximum Gasteiger partial charge on any atom is 0.0702 e. The number of nitrogens with one attached hydrogen (secondary N) is 1. The first-order valence-electron chi connectivity index (χ1n) is 6.61. The minimum Gasteiger partial charge on any atom is -0.377 e. The Morgan fingerprint density at radius 2 is 2.31 bits per heavy atom. The lowest BCUT2D eigenvalue weighted by atomic mass is 10.2. The zero-order chi connectivity index (χ0) is 11.6. The number of hydrogen-bond acceptors (Lipinski definition) is 4. The number of hydrogen-bond donors (Lipinski definition) is 2. The third-order valence-corrected chi connectivity index (χ3v) is 3.06. The van der Waals surface area contributed by atoms with Crippen molar-refractivity contribution in [2.24, 2.45) is 5.73 Å². The fourth-order valence-electron chi connectivity index (χ4n) is 2.09. The van der Waals surface area contributed by atoms with Crippen molar-refractivity contribution >= 4 is 0 Å². The van der Waals surface area contributed by atoms with Gasteiger partial charge in [-0.15, -0.1) is 0 Å². The van der Waals surface area contributed by atoms with E-state index in [1.807, 2.05) is 0 Å². The third kappa shape index (κ3) is 5.80. The molecule has 1 aliphatic rings. The van der Waals surface area contributed by atoms with Gasteiger partial charge in [0.1, 0.15) is 0 Å². The molecule has 4 nitrogen and oxygen atoms in total. The summed E-state index contributed by atoms with van der Waals surface area (Å²) in [5, 5.41) is 3.18. The summed E-state index contributed by atoms with van der Waals surface area (Å²) >= 11 is 0. The molecule has 0 saturated carbocycles. The molecule has 1 saturated heterocycles. The van der Waals surface area contributed by atoms with E-state index in [0.717, 1.165) is 26.2 Å². The van der Waals surface area contributed by atoms with Crippen LogP contribution in [0.1, 0.15) is 32.6 Å². The highest BCUT2D eigenvalue weighted by Gasteiger charge is 2.18. The fourth-order valence-corrected chi connectivity index (χ4v) is 2.09. The summed E-state index contributed by atoms with van der Waals surface area (Å²) < 4.78 is 5.68. The molecule has 1 heterocycles. The maximum absolute atomic E-state index is 5.68. The summed E-state index contributed by atoms with van der Waals surface area (Å²) in [5.74, 6) is 0. The summed E-state index contributed by atoms with van der Waals surface area (Å²) in [5.41, 5.74) is 5.42. The predicted octanol–water partition coefficient (Wildman–Crippen LogP) is 0.773. The SMILES string of the molecule is CCCCN(CCNCN)CC1CCCO1. The first kappa shape index (κ1) is 13.9. The lowest BCUT2D eigenvalue weighted by molar-refractivity contribution is 0.0729. The van der Waals surface area contributed by atoms with Crippen molar-refractivity contribution in [1.29, 1.82) is 0 Å². The summed E-state index contributed by atoms with van der Waals surface area (Å²) in [6, 6.07) is 0. The molecule has 0 spiro atoms. The van der Waals surface area contributed by atoms with Gasteiger partial charge in [-0.05, 0) is 25.8 Å². The molecule has 0 amide bonds. The topological polar surface area (TPSA) is 50.5 Å². The van der Waals surface area contributed by atoms with Gasteiger partial charge in [-0.2, -0.15) is 0 Å². The minimum absolute atomic E-state index is 0.467. The van der Waals surface area contributed by atoms with Gasteiger partial charge >= 0.3 is 0 Å². The molecule has 0 aromatic heterocycles. The molecule has 1 atom stereocenters. The Morgan fingerprint density at radius 3 is 2.94 bits per heavy atom. The van der Waals surface area contributed by atoms with Crippen LogP contribution >= 0.6 is 0 Å². The van der Waals surface area contributed by atoms with Crippen LogP contribution in [-0.4, -0.2) is 50.5 Å². The zero-order valence-electron chi connectivity index (χ0n) is 10.6. The zero-order valence-corrected chi connectivity index (χ0v) is 10.6. The van der Waals surface area contributed by atoms with Crippen LogP contribution in [-0.2, 0) is 4.74 Å². The molecular weight excluding hydrogens is 202 g/mol. The Bertz CT molecular complexity index is 160. The lowest BCUT2D eigenvalue weighted by Crippen LogP contribution is -2.39. The minimum atomic E-state index is 0.467. The largest absolute Gasteiger partial charge is 0.377 e. The third-order valence-electron chi connectivity index (χ3n) is 3.06. The van der Waals surface area contributed by atoms with Crippen LogP contribution in [0.25, 0.3) is 0 Å². The normalized spacial score (nSPS) is 20.8. The van der Waals surface area contributed by atoms with Crippen molar-refractivity contribution in [3.63, 3.8) is 0 Å². The molecule has 4 heteroatoms. The van der Waals surface area contributed by atoms with E-state index in [4.69, 9.17) is 10.5 Å². The average molecular weight is 229 g/mol. The van der Waals surface area contributed by atoms with E-state index in [1.54, 1.807) is 0 Å². The van der Waals surface area contributed by atoms with Gasteiger partial charge in [0.15, 0.2) is 0 Å². The van der Waals surface area contributed by atoms with E-state index in [2.05, 4.69) is 17.1 Å². The maximum atomic E-state index is 5.68. The Balaban J connectivity index is 2.18. The number of nitrogens with two attached hydrogens (primary N) is 1. The van der Waals surface area contributed by atoms with Crippen LogP contribution < -0.4 is 11.1 Å². The van der Waals surface area contributed by atoms with Gasteiger partial charge in [-0.3, -0.25) is 4.90 Å². The summed E-state index contributed by atoms with van der Waals surface area (Å²) in [4.78, 5) is 2.50. The van der Waals surface area contributed by atoms with Crippen LogP contribution in [0.3, 0.4) is 0 Å². The monoisotopic (exact) mass is 229 g/mol. The molecule has 1 rings (SSSR count). The Labute approximate surface area is 99.5 Å². The summed E-state index contributed by atoms with van der Waals surface area (Å²) in [6.07, 6.45) is 5.46. The quantitative estimate of drug-likeness (QED) is 0.453. The molecule has 96 valence electrons. The van der Waals surface area contributed by atoms with Crippen molar-refractivity contribution in [3.05, 3.63) is 0 Å². The second kappa shape index (κ2) is 8.93. The standard InChI is InChI=1S/C12H27N3O/c1-2-3-7-15(8-6-14-11-13)10-12-5-4-9-16-12/h12,14H,2-11,13H2,1H3. The molecule has 1 fully saturated rings. The van der Waals surface area contributed by atoms with Crippen LogP contribution in [0, 0.1) is 0 Å². The molecule has 16 heavy (non-hydrogen) atoms. The van der Waals surface area contributed by atoms with E-state index in [1.165, 1.54) is 32.2 Å². The number of rotatable bonds is 9. The predicted molar refractivity (Wildman–Crippen MR) is 67.4 cm³/mol. The van der Waals surface area contributed by atoms with Crippen LogP contribution in [0.15, 0.2) is 0 Å². The van der Waals surface area contributed by atoms with E-state index in [0.29, 0.717) is 12.8 Å². The molecule has 1 unspecified atom stereocenters. The highest BCUT2D eigenvalue weighted by atomic mass is 16.5. The second-order valence-electron chi connectivity index (χ2n) is 4.49. The van der Waals surface area contributed by atoms with E-state index >= 15 is 0 Å². The molecule has 3 N–H and O–H groups in total. The van der Waals surface area contributed by atoms with Gasteiger partial charge in [0, 0.05) is 32.9 Å². The van der Waals surface area contributed by atoms with Crippen LogP contribution in [0.2, 0.25) is 0 Å². The number of unbranched alkanes of at least 4 members (excludes halogenated alkanes) is 1. The first-order valence-corrected chi connectivity index (χ1v) is 6.61. The van der Waals surface area contributed by atoms with Gasteiger partial charge in [0.05, 0.1) is 6.10 Å². The van der Waals surface area contributed by atoms with E-state index in [9.17, 15) is 0 Å². The smallest absolute Gasteiger partial charge is 0.0702 e. The van der Waals surface area contributed by atoms with Gasteiger partial charge in [-0.25, -0.2) is 0 Å². The van der Waals surface area contributed by atoms with Crippen molar-refractivity contribution in [2.75, 3.05) is 39.5 Å². The summed E-state index contributed by atoms with van der Waals surface area (Å²) in [6.45, 7) is 8.09. The highest BCUT2D eigenvalue weighted by molar-refractivity contribution is 4.71. The Morgan fingerprint density at radius 1 is 1.44 bits per heavy atom. The van der Waals surface area contributed by atoms with Crippen molar-refractivity contribution < 1.29 is 4.74 Å². The second-order valence-corrected chi connectivity index (χ2v) is 4.49. The van der Waals surface area contributed by atoms with Crippen LogP contribution in [0.5, 0.6) is 0 Å². The molecule has 0 aromatic rings. The highest BCUT2D eigenvalue weighted by Crippen LogP contribution is 2.13. The summed E-state index contributed by atoms with van der Waals surface area (Å²) in [7, 11) is 0. The van der Waals surface area contributed by atoms with Gasteiger partial charge < -0.3 is 15.8 Å². The number of ether oxygens (including phenoxy) is 1. The van der Waals surface area contributed by atoms with Gasteiger partial charge in [-0.1, -0.05) is 13.3 Å². The van der Waals surface area contributed by atoms with Gasteiger partial charge in [0.2, 0.25) is 0 Å². The Kier molecular flexibility index (Phi) is 7.76. The molecule has 0 aliphatic carbocycles. The first-order chi connectivity index (χ1) is 7.86. The van der Waals surface area contributed by atoms with Crippen molar-refractivity contribution in [2.45, 2.75) is 38.7 Å². The number of nitrogens with zero attached hydrogens (tertiary/aromatic N) is 1. The molecule has 0 aromatic carbocycles. The van der Waals surface area contributed by atoms with Crippen LogP contribution in [0.4, 0.5) is 0 Å². The van der Waals surface area contributed by atoms with E-state index in [-0.39, 0.29) is 0 Å². The van der Waals surface area contributed by atoms with Crippen molar-refractivity contribution in [3.8, 4) is 0 Å². The molecule has 0 radical (unpaired) electrons. The van der Waals surface area contributed by atoms with Crippen molar-refractivity contribution in [1.82, 2.24) is 10.2 Å². The fraction of sp³-hybridized carbons (Fsp3) is 1.00. The molecular formula is C12H27N3O.